The second-order valence-electron chi connectivity index (χ2n) is 6.68. The summed E-state index contributed by atoms with van der Waals surface area (Å²) in [4.78, 5) is 11.3. The molecule has 0 bridgehead atoms. The molecular weight excluding hydrogens is 334 g/mol. The molecule has 1 saturated heterocycles. The van der Waals surface area contributed by atoms with E-state index in [2.05, 4.69) is 38.2 Å². The number of anilines is 1. The van der Waals surface area contributed by atoms with Gasteiger partial charge in [-0.15, -0.1) is 0 Å². The lowest BCUT2D eigenvalue weighted by Crippen LogP contribution is -2.19. The van der Waals surface area contributed by atoms with Gasteiger partial charge in [0.2, 0.25) is 0 Å². The minimum atomic E-state index is 0.994. The first-order valence-corrected chi connectivity index (χ1v) is 9.30. The first-order chi connectivity index (χ1) is 13.3. The zero-order valence-corrected chi connectivity index (χ0v) is 15.5. The average Bonchev–Trinajstić information content (AvgIpc) is 3.41. The Kier molecular flexibility index (Phi) is 5.10. The largest absolute Gasteiger partial charge is 0.356 e. The van der Waals surface area contributed by atoms with Crippen LogP contribution in [0.25, 0.3) is 22.0 Å². The molecule has 1 aliphatic heterocycles. The number of aryl methyl sites for hydroxylation is 1. The summed E-state index contributed by atoms with van der Waals surface area (Å²) < 4.78 is 1.81. The molecule has 0 aliphatic carbocycles. The Morgan fingerprint density at radius 3 is 2.19 bits per heavy atom. The summed E-state index contributed by atoms with van der Waals surface area (Å²) >= 11 is 0. The van der Waals surface area contributed by atoms with Crippen LogP contribution in [0.3, 0.4) is 0 Å². The maximum atomic E-state index is 4.49. The van der Waals surface area contributed by atoms with Gasteiger partial charge >= 0.3 is 0 Å². The van der Waals surface area contributed by atoms with Crippen molar-refractivity contribution in [1.82, 2.24) is 19.7 Å². The van der Waals surface area contributed by atoms with Gasteiger partial charge in [0.05, 0.1) is 11.7 Å². The Balaban J connectivity index is 0.000000257. The van der Waals surface area contributed by atoms with Gasteiger partial charge in [0, 0.05) is 37.3 Å². The fourth-order valence-electron chi connectivity index (χ4n) is 3.36. The van der Waals surface area contributed by atoms with Gasteiger partial charge in [0.15, 0.2) is 0 Å². The van der Waals surface area contributed by atoms with Gasteiger partial charge < -0.3 is 4.90 Å². The highest BCUT2D eigenvalue weighted by Gasteiger charge is 2.16. The summed E-state index contributed by atoms with van der Waals surface area (Å²) in [5, 5.41) is 5.36. The van der Waals surface area contributed by atoms with Crippen molar-refractivity contribution < 1.29 is 0 Å². The van der Waals surface area contributed by atoms with E-state index in [0.717, 1.165) is 40.9 Å². The second-order valence-corrected chi connectivity index (χ2v) is 6.68. The van der Waals surface area contributed by atoms with Crippen LogP contribution in [-0.2, 0) is 7.05 Å². The molecule has 0 atom stereocenters. The van der Waals surface area contributed by atoms with Crippen LogP contribution in [0, 0.1) is 0 Å². The number of hydrogen-bond acceptors (Lipinski definition) is 4. The molecule has 3 heterocycles. The smallest absolute Gasteiger partial charge is 0.139 e. The van der Waals surface area contributed by atoms with E-state index < -0.39 is 0 Å². The molecular formula is C22H23N5. The zero-order chi connectivity index (χ0) is 18.5. The van der Waals surface area contributed by atoms with E-state index in [-0.39, 0.29) is 0 Å². The van der Waals surface area contributed by atoms with Crippen molar-refractivity contribution >= 4 is 16.7 Å². The molecule has 5 rings (SSSR count). The summed E-state index contributed by atoms with van der Waals surface area (Å²) in [5.74, 6) is 1.07. The van der Waals surface area contributed by atoms with Gasteiger partial charge in [-0.25, -0.2) is 9.97 Å². The van der Waals surface area contributed by atoms with Crippen molar-refractivity contribution in [3.05, 3.63) is 73.3 Å². The predicted molar refractivity (Wildman–Crippen MR) is 110 cm³/mol. The van der Waals surface area contributed by atoms with Crippen molar-refractivity contribution in [1.29, 1.82) is 0 Å². The van der Waals surface area contributed by atoms with E-state index in [1.807, 2.05) is 60.5 Å². The Morgan fingerprint density at radius 2 is 1.56 bits per heavy atom. The molecule has 2 aromatic carbocycles. The third-order valence-corrected chi connectivity index (χ3v) is 4.73. The highest BCUT2D eigenvalue weighted by atomic mass is 15.2. The van der Waals surface area contributed by atoms with Crippen molar-refractivity contribution in [3.8, 4) is 11.1 Å². The Hall–Kier alpha value is -3.21. The van der Waals surface area contributed by atoms with E-state index >= 15 is 0 Å². The molecule has 1 fully saturated rings. The number of rotatable bonds is 2. The molecule has 2 aromatic heterocycles. The number of fused-ring (bicyclic) bond motifs is 1. The second kappa shape index (κ2) is 7.99. The van der Waals surface area contributed by atoms with Gasteiger partial charge in [-0.1, -0.05) is 42.5 Å². The number of nitrogens with zero attached hydrogens (tertiary/aromatic N) is 5. The molecule has 27 heavy (non-hydrogen) atoms. The first kappa shape index (κ1) is 17.2. The number of benzene rings is 2. The van der Waals surface area contributed by atoms with Crippen LogP contribution in [0.2, 0.25) is 0 Å². The topological polar surface area (TPSA) is 46.8 Å². The Morgan fingerprint density at radius 1 is 0.852 bits per heavy atom. The van der Waals surface area contributed by atoms with Gasteiger partial charge in [-0.2, -0.15) is 5.10 Å². The van der Waals surface area contributed by atoms with Crippen molar-refractivity contribution in [2.75, 3.05) is 18.0 Å². The summed E-state index contributed by atoms with van der Waals surface area (Å²) in [5.41, 5.74) is 3.25. The lowest BCUT2D eigenvalue weighted by Gasteiger charge is -2.18. The summed E-state index contributed by atoms with van der Waals surface area (Å²) in [7, 11) is 1.93. The normalized spacial score (nSPS) is 13.4. The zero-order valence-electron chi connectivity index (χ0n) is 15.5. The molecule has 4 aromatic rings. The Bertz CT molecular complexity index is 977. The molecule has 0 amide bonds. The van der Waals surface area contributed by atoms with E-state index in [0.29, 0.717) is 0 Å². The van der Waals surface area contributed by atoms with E-state index in [1.54, 1.807) is 6.33 Å². The van der Waals surface area contributed by atoms with Crippen LogP contribution < -0.4 is 4.90 Å². The van der Waals surface area contributed by atoms with Crippen molar-refractivity contribution in [2.24, 2.45) is 7.05 Å². The monoisotopic (exact) mass is 357 g/mol. The van der Waals surface area contributed by atoms with Crippen LogP contribution in [0.1, 0.15) is 12.8 Å². The van der Waals surface area contributed by atoms with Crippen LogP contribution in [0.15, 0.2) is 73.3 Å². The highest BCUT2D eigenvalue weighted by Crippen LogP contribution is 2.29. The van der Waals surface area contributed by atoms with Gasteiger partial charge in [0.1, 0.15) is 12.1 Å². The minimum absolute atomic E-state index is 0.994. The molecule has 1 aliphatic rings. The minimum Gasteiger partial charge on any atom is -0.356 e. The summed E-state index contributed by atoms with van der Waals surface area (Å²) in [6.45, 7) is 2.19. The molecule has 0 spiro atoms. The van der Waals surface area contributed by atoms with Gasteiger partial charge in [-0.05, 0) is 30.5 Å². The third-order valence-electron chi connectivity index (χ3n) is 4.73. The lowest BCUT2D eigenvalue weighted by molar-refractivity contribution is 0.768. The maximum Gasteiger partial charge on any atom is 0.139 e. The standard InChI is InChI=1S/C16H17N5.C6H6/c1-20-10-13(9-19-20)12-4-5-14-15(8-12)17-11-18-16(14)21-6-2-3-7-21;1-2-4-6-5-3-1/h4-5,8-11H,2-3,6-7H2,1H3;1-6H. The maximum absolute atomic E-state index is 4.49. The van der Waals surface area contributed by atoms with Gasteiger partial charge in [0.25, 0.3) is 0 Å². The van der Waals surface area contributed by atoms with Crippen LogP contribution in [0.4, 0.5) is 5.82 Å². The van der Waals surface area contributed by atoms with Crippen LogP contribution >= 0.6 is 0 Å². The predicted octanol–water partition coefficient (Wildman–Crippen LogP) is 4.32. The highest BCUT2D eigenvalue weighted by molar-refractivity contribution is 5.92. The number of hydrogen-bond donors (Lipinski definition) is 0. The average molecular weight is 357 g/mol. The van der Waals surface area contributed by atoms with Crippen LogP contribution in [-0.4, -0.2) is 32.8 Å². The molecule has 5 nitrogen and oxygen atoms in total. The molecule has 0 saturated carbocycles. The fraction of sp³-hybridized carbons (Fsp3) is 0.227. The summed E-state index contributed by atoms with van der Waals surface area (Å²) in [6, 6.07) is 18.4. The van der Waals surface area contributed by atoms with Crippen LogP contribution in [0.5, 0.6) is 0 Å². The van der Waals surface area contributed by atoms with E-state index in [9.17, 15) is 0 Å². The molecule has 5 heteroatoms. The molecule has 0 unspecified atom stereocenters. The quantitative estimate of drug-likeness (QED) is 0.536. The molecule has 0 radical (unpaired) electrons. The SMILES string of the molecule is Cn1cc(-c2ccc3c(N4CCCC4)ncnc3c2)cn1.c1ccccc1. The van der Waals surface area contributed by atoms with E-state index in [4.69, 9.17) is 0 Å². The van der Waals surface area contributed by atoms with E-state index in [1.165, 1.54) is 12.8 Å². The fourth-order valence-corrected chi connectivity index (χ4v) is 3.36. The summed E-state index contributed by atoms with van der Waals surface area (Å²) in [6.07, 6.45) is 8.06. The van der Waals surface area contributed by atoms with Crippen molar-refractivity contribution in [3.63, 3.8) is 0 Å². The lowest BCUT2D eigenvalue weighted by atomic mass is 10.1. The van der Waals surface area contributed by atoms with Gasteiger partial charge in [-0.3, -0.25) is 4.68 Å². The van der Waals surface area contributed by atoms with Crippen molar-refractivity contribution in [2.45, 2.75) is 12.8 Å². The Labute approximate surface area is 159 Å². The molecule has 0 N–H and O–H groups in total. The molecule has 136 valence electrons. The number of aromatic nitrogens is 4. The first-order valence-electron chi connectivity index (χ1n) is 9.30. The third kappa shape index (κ3) is 3.97.